The highest BCUT2D eigenvalue weighted by Gasteiger charge is 2.27. The number of benzene rings is 1. The molecule has 84 valence electrons. The fourth-order valence-electron chi connectivity index (χ4n) is 1.81. The maximum Gasteiger partial charge on any atom is 0.140 e. The fourth-order valence-corrected chi connectivity index (χ4v) is 1.81. The molecular formula is C13H15FN2. The first-order chi connectivity index (χ1) is 7.70. The SMILES string of the molecule is CC(NCc1ccc(F)c(C#N)c1)C1CC1. The molecule has 0 amide bonds. The molecule has 2 nitrogen and oxygen atoms in total. The molecule has 1 atom stereocenters. The second-order valence-corrected chi connectivity index (χ2v) is 4.43. The standard InChI is InChI=1S/C13H15FN2/c1-9(11-3-4-11)16-8-10-2-5-13(14)12(6-10)7-15/h2,5-6,9,11,16H,3-4,8H2,1H3. The summed E-state index contributed by atoms with van der Waals surface area (Å²) in [5.74, 6) is 0.359. The molecule has 0 spiro atoms. The lowest BCUT2D eigenvalue weighted by molar-refractivity contribution is 0.496. The minimum Gasteiger partial charge on any atom is -0.310 e. The van der Waals surface area contributed by atoms with Gasteiger partial charge in [0.15, 0.2) is 0 Å². The maximum atomic E-state index is 13.1. The Morgan fingerprint density at radius 2 is 2.31 bits per heavy atom. The second-order valence-electron chi connectivity index (χ2n) is 4.43. The van der Waals surface area contributed by atoms with Crippen molar-refractivity contribution < 1.29 is 4.39 Å². The molecule has 16 heavy (non-hydrogen) atoms. The summed E-state index contributed by atoms with van der Waals surface area (Å²) >= 11 is 0. The zero-order valence-corrected chi connectivity index (χ0v) is 9.33. The summed E-state index contributed by atoms with van der Waals surface area (Å²) in [6.45, 7) is 2.87. The second kappa shape index (κ2) is 4.63. The first-order valence-corrected chi connectivity index (χ1v) is 5.62. The van der Waals surface area contributed by atoms with Gasteiger partial charge in [-0.25, -0.2) is 4.39 Å². The van der Waals surface area contributed by atoms with Crippen LogP contribution in [0.2, 0.25) is 0 Å². The Kier molecular flexibility index (Phi) is 3.21. The van der Waals surface area contributed by atoms with Gasteiger partial charge in [-0.3, -0.25) is 0 Å². The Morgan fingerprint density at radius 1 is 1.56 bits per heavy atom. The minimum absolute atomic E-state index is 0.123. The van der Waals surface area contributed by atoms with Crippen molar-refractivity contribution in [1.82, 2.24) is 5.32 Å². The number of hydrogen-bond acceptors (Lipinski definition) is 2. The van der Waals surface area contributed by atoms with E-state index in [4.69, 9.17) is 5.26 Å². The summed E-state index contributed by atoms with van der Waals surface area (Å²) in [5.41, 5.74) is 1.09. The Hall–Kier alpha value is -1.40. The number of rotatable bonds is 4. The van der Waals surface area contributed by atoms with Gasteiger partial charge < -0.3 is 5.32 Å². The summed E-state index contributed by atoms with van der Waals surface area (Å²) in [5, 5.41) is 12.1. The average molecular weight is 218 g/mol. The van der Waals surface area contributed by atoms with Crippen LogP contribution >= 0.6 is 0 Å². The number of nitrogens with one attached hydrogen (secondary N) is 1. The van der Waals surface area contributed by atoms with Gasteiger partial charge in [-0.1, -0.05) is 6.07 Å². The van der Waals surface area contributed by atoms with Gasteiger partial charge in [-0.05, 0) is 43.4 Å². The molecular weight excluding hydrogens is 203 g/mol. The van der Waals surface area contributed by atoms with E-state index in [0.29, 0.717) is 12.6 Å². The molecule has 0 saturated heterocycles. The van der Waals surface area contributed by atoms with Crippen LogP contribution in [0, 0.1) is 23.1 Å². The molecule has 0 heterocycles. The first kappa shape index (κ1) is 11.1. The van der Waals surface area contributed by atoms with Crippen molar-refractivity contribution in [3.05, 3.63) is 35.1 Å². The third kappa shape index (κ3) is 2.59. The van der Waals surface area contributed by atoms with E-state index < -0.39 is 5.82 Å². The molecule has 0 aliphatic heterocycles. The van der Waals surface area contributed by atoms with Crippen molar-refractivity contribution in [2.24, 2.45) is 5.92 Å². The Balaban J connectivity index is 1.96. The van der Waals surface area contributed by atoms with Gasteiger partial charge in [-0.2, -0.15) is 5.26 Å². The molecule has 1 aromatic rings. The van der Waals surface area contributed by atoms with Crippen LogP contribution in [0.1, 0.15) is 30.9 Å². The van der Waals surface area contributed by atoms with E-state index in [1.165, 1.54) is 18.9 Å². The highest BCUT2D eigenvalue weighted by atomic mass is 19.1. The van der Waals surface area contributed by atoms with Crippen LogP contribution < -0.4 is 5.32 Å². The summed E-state index contributed by atoms with van der Waals surface area (Å²) in [4.78, 5) is 0. The number of halogens is 1. The van der Waals surface area contributed by atoms with Crippen LogP contribution in [0.5, 0.6) is 0 Å². The van der Waals surface area contributed by atoms with Crippen molar-refractivity contribution in [3.63, 3.8) is 0 Å². The van der Waals surface area contributed by atoms with E-state index in [0.717, 1.165) is 11.5 Å². The van der Waals surface area contributed by atoms with Gasteiger partial charge in [0.05, 0.1) is 5.56 Å². The van der Waals surface area contributed by atoms with Gasteiger partial charge in [0.2, 0.25) is 0 Å². The van der Waals surface area contributed by atoms with Gasteiger partial charge in [-0.15, -0.1) is 0 Å². The third-order valence-electron chi connectivity index (χ3n) is 3.11. The minimum atomic E-state index is -0.443. The quantitative estimate of drug-likeness (QED) is 0.843. The Bertz CT molecular complexity index is 418. The predicted molar refractivity (Wildman–Crippen MR) is 60.1 cm³/mol. The molecule has 1 aliphatic carbocycles. The summed E-state index contributed by atoms with van der Waals surface area (Å²) in [7, 11) is 0. The zero-order valence-electron chi connectivity index (χ0n) is 9.33. The zero-order chi connectivity index (χ0) is 11.5. The molecule has 0 bridgehead atoms. The molecule has 1 saturated carbocycles. The van der Waals surface area contributed by atoms with Crippen molar-refractivity contribution >= 4 is 0 Å². The number of nitriles is 1. The van der Waals surface area contributed by atoms with Crippen molar-refractivity contribution in [2.45, 2.75) is 32.4 Å². The lowest BCUT2D eigenvalue weighted by Crippen LogP contribution is -2.27. The largest absolute Gasteiger partial charge is 0.310 e. The van der Waals surface area contributed by atoms with Crippen LogP contribution in [-0.4, -0.2) is 6.04 Å². The van der Waals surface area contributed by atoms with Gasteiger partial charge in [0.25, 0.3) is 0 Å². The normalized spacial score (nSPS) is 16.8. The lowest BCUT2D eigenvalue weighted by atomic mass is 10.1. The van der Waals surface area contributed by atoms with Crippen molar-refractivity contribution in [3.8, 4) is 6.07 Å². The predicted octanol–water partition coefficient (Wildman–Crippen LogP) is 2.59. The third-order valence-corrected chi connectivity index (χ3v) is 3.11. The van der Waals surface area contributed by atoms with Crippen LogP contribution in [0.4, 0.5) is 4.39 Å². The molecule has 1 aromatic carbocycles. The monoisotopic (exact) mass is 218 g/mol. The van der Waals surface area contributed by atoms with E-state index in [2.05, 4.69) is 12.2 Å². The smallest absolute Gasteiger partial charge is 0.140 e. The summed E-state index contributed by atoms with van der Waals surface area (Å²) < 4.78 is 13.1. The molecule has 1 aliphatic rings. The van der Waals surface area contributed by atoms with Crippen molar-refractivity contribution in [2.75, 3.05) is 0 Å². The van der Waals surface area contributed by atoms with Gasteiger partial charge in [0.1, 0.15) is 11.9 Å². The molecule has 1 unspecified atom stereocenters. The Labute approximate surface area is 95.1 Å². The maximum absolute atomic E-state index is 13.1. The van der Waals surface area contributed by atoms with Crippen molar-refractivity contribution in [1.29, 1.82) is 5.26 Å². The highest BCUT2D eigenvalue weighted by molar-refractivity contribution is 5.34. The van der Waals surface area contributed by atoms with Crippen LogP contribution in [0.25, 0.3) is 0 Å². The first-order valence-electron chi connectivity index (χ1n) is 5.62. The summed E-state index contributed by atoms with van der Waals surface area (Å²) in [6.07, 6.45) is 2.61. The number of hydrogen-bond donors (Lipinski definition) is 1. The fraction of sp³-hybridized carbons (Fsp3) is 0.462. The van der Waals surface area contributed by atoms with Crippen LogP contribution in [-0.2, 0) is 6.54 Å². The molecule has 2 rings (SSSR count). The van der Waals surface area contributed by atoms with E-state index >= 15 is 0 Å². The Morgan fingerprint density at radius 3 is 2.94 bits per heavy atom. The average Bonchev–Trinajstić information content (AvgIpc) is 3.11. The number of nitrogens with zero attached hydrogens (tertiary/aromatic N) is 1. The molecule has 0 aromatic heterocycles. The lowest BCUT2D eigenvalue weighted by Gasteiger charge is -2.12. The van der Waals surface area contributed by atoms with Crippen LogP contribution in [0.15, 0.2) is 18.2 Å². The molecule has 3 heteroatoms. The van der Waals surface area contributed by atoms with E-state index in [1.54, 1.807) is 12.1 Å². The van der Waals surface area contributed by atoms with E-state index in [9.17, 15) is 4.39 Å². The van der Waals surface area contributed by atoms with E-state index in [-0.39, 0.29) is 5.56 Å². The molecule has 1 N–H and O–H groups in total. The van der Waals surface area contributed by atoms with Gasteiger partial charge in [0, 0.05) is 12.6 Å². The van der Waals surface area contributed by atoms with E-state index in [1.807, 2.05) is 6.07 Å². The van der Waals surface area contributed by atoms with Gasteiger partial charge >= 0.3 is 0 Å². The highest BCUT2D eigenvalue weighted by Crippen LogP contribution is 2.32. The molecule has 0 radical (unpaired) electrons. The topological polar surface area (TPSA) is 35.8 Å². The molecule has 1 fully saturated rings. The summed E-state index contributed by atoms with van der Waals surface area (Å²) in [6, 6.07) is 7.06. The van der Waals surface area contributed by atoms with Crippen LogP contribution in [0.3, 0.4) is 0 Å².